The molecule has 7 nitrogen and oxygen atoms in total. The average Bonchev–Trinajstić information content (AvgIpc) is 3.37. The van der Waals surface area contributed by atoms with Crippen LogP contribution in [0.5, 0.6) is 0 Å². The highest BCUT2D eigenvalue weighted by molar-refractivity contribution is 9.10. The summed E-state index contributed by atoms with van der Waals surface area (Å²) in [6, 6.07) is 9.32. The molecule has 0 amide bonds. The molecule has 0 saturated carbocycles. The fraction of sp³-hybridized carbons (Fsp3) is 0.393. The van der Waals surface area contributed by atoms with Gasteiger partial charge in [-0.05, 0) is 46.3 Å². The Hall–Kier alpha value is -2.91. The predicted octanol–water partition coefficient (Wildman–Crippen LogP) is 5.12. The number of anilines is 1. The first kappa shape index (κ1) is 27.1. The largest absolute Gasteiger partial charge is 0.463 e. The molecule has 0 radical (unpaired) electrons. The molecular formula is C28H32BrN3O4S. The number of esters is 1. The van der Waals surface area contributed by atoms with Gasteiger partial charge in [0.25, 0.3) is 5.56 Å². The predicted molar refractivity (Wildman–Crippen MR) is 151 cm³/mol. The minimum atomic E-state index is -0.624. The summed E-state index contributed by atoms with van der Waals surface area (Å²) in [4.78, 5) is 34.3. The van der Waals surface area contributed by atoms with E-state index in [1.54, 1.807) is 17.6 Å². The number of benzene rings is 1. The lowest BCUT2D eigenvalue weighted by Crippen LogP contribution is -2.40. The summed E-state index contributed by atoms with van der Waals surface area (Å²) in [5.41, 5.74) is 2.90. The van der Waals surface area contributed by atoms with Gasteiger partial charge in [-0.2, -0.15) is 0 Å². The molecule has 37 heavy (non-hydrogen) atoms. The van der Waals surface area contributed by atoms with Crippen LogP contribution < -0.4 is 19.8 Å². The van der Waals surface area contributed by atoms with E-state index >= 15 is 0 Å². The van der Waals surface area contributed by atoms with Crippen LogP contribution in [-0.4, -0.2) is 31.2 Å². The van der Waals surface area contributed by atoms with Crippen molar-refractivity contribution in [2.75, 3.05) is 25.6 Å². The number of halogens is 1. The van der Waals surface area contributed by atoms with Crippen molar-refractivity contribution < 1.29 is 13.9 Å². The van der Waals surface area contributed by atoms with E-state index in [2.05, 4.69) is 41.9 Å². The molecule has 0 aliphatic carbocycles. The van der Waals surface area contributed by atoms with E-state index in [-0.39, 0.29) is 12.2 Å². The number of aromatic nitrogens is 1. The lowest BCUT2D eigenvalue weighted by Gasteiger charge is -2.26. The first-order chi connectivity index (χ1) is 17.7. The van der Waals surface area contributed by atoms with Crippen LogP contribution in [0.15, 0.2) is 60.3 Å². The third kappa shape index (κ3) is 5.38. The first-order valence-electron chi connectivity index (χ1n) is 12.4. The van der Waals surface area contributed by atoms with Crippen LogP contribution in [0.1, 0.15) is 69.4 Å². The highest BCUT2D eigenvalue weighted by atomic mass is 79.9. The zero-order chi connectivity index (χ0) is 26.9. The molecule has 0 N–H and O–H groups in total. The zero-order valence-corrected chi connectivity index (χ0v) is 24.4. The van der Waals surface area contributed by atoms with Crippen LogP contribution in [0.2, 0.25) is 0 Å². The molecule has 3 aromatic rings. The number of nitrogens with zero attached hydrogens (tertiary/aromatic N) is 3. The number of furan rings is 1. The molecule has 2 aromatic heterocycles. The molecule has 0 spiro atoms. The Bertz CT molecular complexity index is 1510. The van der Waals surface area contributed by atoms with E-state index in [1.807, 2.05) is 44.1 Å². The molecule has 1 atom stereocenters. The normalized spacial score (nSPS) is 15.7. The average molecular weight is 587 g/mol. The Morgan fingerprint density at radius 1 is 1.27 bits per heavy atom. The SMILES string of the molecule is CCCC1=C(C(=O)OCC)[C@H](c2ccc(C(C)C)cc2)n2c(s/c(=C/c3cc(Br)c(N(C)C)o3)c2=O)=N1. The van der Waals surface area contributed by atoms with Gasteiger partial charge >= 0.3 is 5.97 Å². The number of fused-ring (bicyclic) bond motifs is 1. The van der Waals surface area contributed by atoms with E-state index in [4.69, 9.17) is 14.1 Å². The summed E-state index contributed by atoms with van der Waals surface area (Å²) in [5.74, 6) is 1.15. The molecule has 0 bridgehead atoms. The molecule has 3 heterocycles. The van der Waals surface area contributed by atoms with Crippen molar-refractivity contribution in [2.45, 2.75) is 52.5 Å². The van der Waals surface area contributed by atoms with Crippen molar-refractivity contribution in [2.24, 2.45) is 4.99 Å². The second kappa shape index (κ2) is 11.2. The molecular weight excluding hydrogens is 554 g/mol. The van der Waals surface area contributed by atoms with E-state index in [0.29, 0.717) is 44.6 Å². The van der Waals surface area contributed by atoms with Crippen molar-refractivity contribution >= 4 is 45.2 Å². The van der Waals surface area contributed by atoms with Gasteiger partial charge in [-0.1, -0.05) is 62.8 Å². The van der Waals surface area contributed by atoms with E-state index < -0.39 is 12.0 Å². The van der Waals surface area contributed by atoms with Crippen molar-refractivity contribution in [3.63, 3.8) is 0 Å². The van der Waals surface area contributed by atoms with Gasteiger partial charge in [-0.25, -0.2) is 9.79 Å². The van der Waals surface area contributed by atoms with Gasteiger partial charge in [0.2, 0.25) is 5.88 Å². The van der Waals surface area contributed by atoms with Gasteiger partial charge in [0, 0.05) is 26.2 Å². The van der Waals surface area contributed by atoms with Crippen LogP contribution in [0, 0.1) is 0 Å². The summed E-state index contributed by atoms with van der Waals surface area (Å²) in [6.07, 6.45) is 3.15. The van der Waals surface area contributed by atoms with Crippen molar-refractivity contribution in [1.29, 1.82) is 0 Å². The summed E-state index contributed by atoms with van der Waals surface area (Å²) in [7, 11) is 3.77. The molecule has 1 aromatic carbocycles. The van der Waals surface area contributed by atoms with Gasteiger partial charge in [0.1, 0.15) is 5.76 Å². The third-order valence-corrected chi connectivity index (χ3v) is 7.73. The van der Waals surface area contributed by atoms with E-state index in [1.165, 1.54) is 16.9 Å². The lowest BCUT2D eigenvalue weighted by molar-refractivity contribution is -0.139. The summed E-state index contributed by atoms with van der Waals surface area (Å²) in [5, 5.41) is 0. The molecule has 0 fully saturated rings. The Morgan fingerprint density at radius 3 is 2.54 bits per heavy atom. The molecule has 196 valence electrons. The van der Waals surface area contributed by atoms with Crippen LogP contribution in [-0.2, 0) is 9.53 Å². The maximum absolute atomic E-state index is 13.8. The van der Waals surface area contributed by atoms with Gasteiger partial charge in [-0.3, -0.25) is 9.36 Å². The number of rotatable bonds is 8. The Balaban J connectivity index is 1.96. The molecule has 4 rings (SSSR count). The van der Waals surface area contributed by atoms with Crippen molar-refractivity contribution in [1.82, 2.24) is 4.57 Å². The van der Waals surface area contributed by atoms with Gasteiger partial charge < -0.3 is 14.1 Å². The summed E-state index contributed by atoms with van der Waals surface area (Å²) >= 11 is 4.81. The Labute approximate surface area is 228 Å². The highest BCUT2D eigenvalue weighted by Gasteiger charge is 2.34. The Morgan fingerprint density at radius 2 is 1.97 bits per heavy atom. The minimum absolute atomic E-state index is 0.224. The quantitative estimate of drug-likeness (QED) is 0.343. The standard InChI is InChI=1S/C28H32BrN3O4S/c1-7-9-21-23(27(34)35-8-2)24(18-12-10-17(11-13-18)16(3)4)32-25(33)22(37-28(32)30-21)15-19-14-20(29)26(36-19)31(5)6/h10-16,24H,7-9H2,1-6H3/b22-15+/t24-/m0/s1. The highest BCUT2D eigenvalue weighted by Crippen LogP contribution is 2.33. The fourth-order valence-corrected chi connectivity index (χ4v) is 6.04. The number of carbonyl (C=O) groups excluding carboxylic acids is 1. The van der Waals surface area contributed by atoms with Crippen LogP contribution >= 0.6 is 27.3 Å². The number of hydrogen-bond acceptors (Lipinski definition) is 7. The molecule has 1 aliphatic heterocycles. The minimum Gasteiger partial charge on any atom is -0.463 e. The van der Waals surface area contributed by atoms with E-state index in [9.17, 15) is 9.59 Å². The van der Waals surface area contributed by atoms with Crippen LogP contribution in [0.4, 0.5) is 5.88 Å². The third-order valence-electron chi connectivity index (χ3n) is 6.18. The smallest absolute Gasteiger partial charge is 0.338 e. The monoisotopic (exact) mass is 585 g/mol. The fourth-order valence-electron chi connectivity index (χ4n) is 4.38. The summed E-state index contributed by atoms with van der Waals surface area (Å²) < 4.78 is 14.3. The molecule has 0 saturated heterocycles. The summed E-state index contributed by atoms with van der Waals surface area (Å²) in [6.45, 7) is 8.34. The second-order valence-electron chi connectivity index (χ2n) is 9.43. The van der Waals surface area contributed by atoms with Crippen molar-refractivity contribution in [3.8, 4) is 0 Å². The van der Waals surface area contributed by atoms with E-state index in [0.717, 1.165) is 16.5 Å². The maximum atomic E-state index is 13.8. The van der Waals surface area contributed by atoms with Crippen LogP contribution in [0.3, 0.4) is 0 Å². The maximum Gasteiger partial charge on any atom is 0.338 e. The van der Waals surface area contributed by atoms with Crippen LogP contribution in [0.25, 0.3) is 6.08 Å². The Kier molecular flexibility index (Phi) is 8.23. The number of thiazole rings is 1. The van der Waals surface area contributed by atoms with Gasteiger partial charge in [0.05, 0.1) is 32.9 Å². The number of hydrogen-bond donors (Lipinski definition) is 0. The topological polar surface area (TPSA) is 77.0 Å². The zero-order valence-electron chi connectivity index (χ0n) is 22.0. The van der Waals surface area contributed by atoms with Gasteiger partial charge in [0.15, 0.2) is 4.80 Å². The number of allylic oxidation sites excluding steroid dienone is 1. The van der Waals surface area contributed by atoms with Gasteiger partial charge in [-0.15, -0.1) is 0 Å². The first-order valence-corrected chi connectivity index (χ1v) is 14.1. The molecule has 1 aliphatic rings. The molecule has 0 unspecified atom stereocenters. The number of carbonyl (C=O) groups is 1. The second-order valence-corrected chi connectivity index (χ2v) is 11.3. The van der Waals surface area contributed by atoms with Crippen molar-refractivity contribution in [3.05, 3.63) is 82.6 Å². The lowest BCUT2D eigenvalue weighted by atomic mass is 9.92. The number of ether oxygens (including phenoxy) is 1. The molecule has 9 heteroatoms.